The molecule has 0 radical (unpaired) electrons. The van der Waals surface area contributed by atoms with E-state index < -0.39 is 0 Å². The summed E-state index contributed by atoms with van der Waals surface area (Å²) in [6, 6.07) is 7.55. The van der Waals surface area contributed by atoms with Gasteiger partial charge in [0.25, 0.3) is 0 Å². The molecule has 0 spiro atoms. The normalized spacial score (nSPS) is 20.0. The first-order chi connectivity index (χ1) is 6.70. The van der Waals surface area contributed by atoms with E-state index in [0.29, 0.717) is 16.8 Å². The highest BCUT2D eigenvalue weighted by atomic mass is 35.5. The number of halogens is 1. The maximum atomic E-state index is 5.58. The second-order valence-electron chi connectivity index (χ2n) is 3.15. The number of anilines is 1. The zero-order chi connectivity index (χ0) is 10.4. The van der Waals surface area contributed by atoms with E-state index in [9.17, 15) is 0 Å². The van der Waals surface area contributed by atoms with Crippen molar-refractivity contribution in [1.82, 2.24) is 0 Å². The van der Waals surface area contributed by atoms with Crippen molar-refractivity contribution in [1.29, 1.82) is 0 Å². The largest absolute Gasteiger partial charge is 0.398 e. The third-order valence-electron chi connectivity index (χ3n) is 1.87. The Hall–Kier alpha value is -0.770. The lowest BCUT2D eigenvalue weighted by molar-refractivity contribution is 0.194. The molecule has 14 heavy (non-hydrogen) atoms. The van der Waals surface area contributed by atoms with Crippen LogP contribution in [0.15, 0.2) is 24.3 Å². The minimum atomic E-state index is 0.324. The van der Waals surface area contributed by atoms with Crippen molar-refractivity contribution in [2.75, 3.05) is 18.9 Å². The molecule has 1 unspecified atom stereocenters. The molecule has 1 aromatic carbocycles. The zero-order valence-corrected chi connectivity index (χ0v) is 8.70. The van der Waals surface area contributed by atoms with Gasteiger partial charge in [-0.1, -0.05) is 23.7 Å². The molecule has 1 heterocycles. The average molecular weight is 215 g/mol. The minimum absolute atomic E-state index is 0.324. The van der Waals surface area contributed by atoms with Gasteiger partial charge in [0.15, 0.2) is 0 Å². The van der Waals surface area contributed by atoms with Crippen LogP contribution in [0.5, 0.6) is 0 Å². The molecular weight excluding hydrogens is 200 g/mol. The first kappa shape index (κ1) is 11.3. The standard InChI is InChI=1S/C6H6ClN.C4H9NO/c7-5-3-1-2-4-6(5)8;5-4-1-2-6-3-4/h1-4H,8H2;4H,1-3,5H2. The van der Waals surface area contributed by atoms with Crippen LogP contribution in [0.25, 0.3) is 0 Å². The quantitative estimate of drug-likeness (QED) is 0.646. The van der Waals surface area contributed by atoms with Gasteiger partial charge in [0.1, 0.15) is 0 Å². The first-order valence-corrected chi connectivity index (χ1v) is 4.91. The van der Waals surface area contributed by atoms with E-state index in [1.165, 1.54) is 0 Å². The number of nitrogen functional groups attached to an aromatic ring is 1. The number of ether oxygens (including phenoxy) is 1. The zero-order valence-electron chi connectivity index (χ0n) is 7.95. The van der Waals surface area contributed by atoms with E-state index in [4.69, 9.17) is 27.8 Å². The fraction of sp³-hybridized carbons (Fsp3) is 0.400. The van der Waals surface area contributed by atoms with Crippen LogP contribution in [0.2, 0.25) is 5.02 Å². The molecule has 0 aliphatic carbocycles. The summed E-state index contributed by atoms with van der Waals surface area (Å²) in [6.07, 6.45) is 1.04. The lowest BCUT2D eigenvalue weighted by Gasteiger charge is -1.91. The molecule has 4 N–H and O–H groups in total. The van der Waals surface area contributed by atoms with Crippen molar-refractivity contribution in [3.05, 3.63) is 29.3 Å². The van der Waals surface area contributed by atoms with Crippen LogP contribution in [0.4, 0.5) is 5.69 Å². The van der Waals surface area contributed by atoms with Gasteiger partial charge in [-0.3, -0.25) is 0 Å². The van der Waals surface area contributed by atoms with Crippen LogP contribution in [0.3, 0.4) is 0 Å². The van der Waals surface area contributed by atoms with Crippen molar-refractivity contribution in [3.63, 3.8) is 0 Å². The maximum absolute atomic E-state index is 5.58. The lowest BCUT2D eigenvalue weighted by atomic mass is 10.3. The Morgan fingerprint density at radius 2 is 2.07 bits per heavy atom. The maximum Gasteiger partial charge on any atom is 0.0635 e. The molecule has 1 aromatic rings. The highest BCUT2D eigenvalue weighted by Gasteiger charge is 2.08. The second kappa shape index (κ2) is 5.86. The average Bonchev–Trinajstić information content (AvgIpc) is 2.63. The van der Waals surface area contributed by atoms with Crippen molar-refractivity contribution in [2.45, 2.75) is 12.5 Å². The summed E-state index contributed by atoms with van der Waals surface area (Å²) in [5.74, 6) is 0. The van der Waals surface area contributed by atoms with Crippen LogP contribution in [-0.4, -0.2) is 19.3 Å². The van der Waals surface area contributed by atoms with Gasteiger partial charge >= 0.3 is 0 Å². The molecule has 1 aliphatic heterocycles. The SMILES string of the molecule is NC1CCOC1.Nc1ccccc1Cl. The molecule has 0 saturated carbocycles. The molecule has 3 nitrogen and oxygen atoms in total. The van der Waals surface area contributed by atoms with Crippen molar-refractivity contribution < 1.29 is 4.74 Å². The van der Waals surface area contributed by atoms with Crippen LogP contribution in [0, 0.1) is 0 Å². The van der Waals surface area contributed by atoms with Gasteiger partial charge in [0, 0.05) is 12.6 Å². The van der Waals surface area contributed by atoms with Gasteiger partial charge in [-0.15, -0.1) is 0 Å². The summed E-state index contributed by atoms with van der Waals surface area (Å²) in [6.45, 7) is 1.63. The number of hydrogen-bond acceptors (Lipinski definition) is 3. The number of rotatable bonds is 0. The van der Waals surface area contributed by atoms with Crippen LogP contribution in [-0.2, 0) is 4.74 Å². The summed E-state index contributed by atoms with van der Waals surface area (Å²) in [5, 5.41) is 0.618. The van der Waals surface area contributed by atoms with Gasteiger partial charge < -0.3 is 16.2 Å². The molecule has 1 aliphatic rings. The Morgan fingerprint density at radius 3 is 2.36 bits per heavy atom. The number of hydrogen-bond donors (Lipinski definition) is 2. The number of nitrogens with two attached hydrogens (primary N) is 2. The third kappa shape index (κ3) is 3.96. The summed E-state index contributed by atoms with van der Waals surface area (Å²) in [7, 11) is 0. The van der Waals surface area contributed by atoms with Gasteiger partial charge in [0.05, 0.1) is 17.3 Å². The fourth-order valence-electron chi connectivity index (χ4n) is 1.03. The molecule has 0 bridgehead atoms. The summed E-state index contributed by atoms with van der Waals surface area (Å²) >= 11 is 5.58. The Labute approximate surface area is 89.0 Å². The summed E-state index contributed by atoms with van der Waals surface area (Å²) in [5.41, 5.74) is 11.4. The van der Waals surface area contributed by atoms with E-state index in [0.717, 1.165) is 19.6 Å². The molecule has 0 amide bonds. The molecular formula is C10H15ClN2O. The fourth-order valence-corrected chi connectivity index (χ4v) is 1.16. The molecule has 1 fully saturated rings. The van der Waals surface area contributed by atoms with E-state index in [2.05, 4.69) is 0 Å². The topological polar surface area (TPSA) is 61.3 Å². The molecule has 1 atom stereocenters. The monoisotopic (exact) mass is 214 g/mol. The van der Waals surface area contributed by atoms with Crippen molar-refractivity contribution >= 4 is 17.3 Å². The second-order valence-corrected chi connectivity index (χ2v) is 3.55. The highest BCUT2D eigenvalue weighted by molar-refractivity contribution is 6.33. The Bertz CT molecular complexity index is 254. The molecule has 4 heteroatoms. The molecule has 78 valence electrons. The van der Waals surface area contributed by atoms with E-state index >= 15 is 0 Å². The Balaban J connectivity index is 0.000000146. The third-order valence-corrected chi connectivity index (χ3v) is 2.21. The van der Waals surface area contributed by atoms with Crippen LogP contribution >= 0.6 is 11.6 Å². The molecule has 2 rings (SSSR count). The smallest absolute Gasteiger partial charge is 0.0635 e. The predicted octanol–water partition coefficient (Wildman–Crippen LogP) is 1.66. The van der Waals surface area contributed by atoms with Gasteiger partial charge in [-0.25, -0.2) is 0 Å². The van der Waals surface area contributed by atoms with E-state index in [1.807, 2.05) is 12.1 Å². The number of para-hydroxylation sites is 1. The van der Waals surface area contributed by atoms with Gasteiger partial charge in [-0.05, 0) is 18.6 Å². The van der Waals surface area contributed by atoms with E-state index in [1.54, 1.807) is 12.1 Å². The Kier molecular flexibility index (Phi) is 4.73. The van der Waals surface area contributed by atoms with Gasteiger partial charge in [-0.2, -0.15) is 0 Å². The highest BCUT2D eigenvalue weighted by Crippen LogP contribution is 2.15. The molecule has 1 saturated heterocycles. The van der Waals surface area contributed by atoms with E-state index in [-0.39, 0.29) is 0 Å². The van der Waals surface area contributed by atoms with Crippen molar-refractivity contribution in [2.24, 2.45) is 5.73 Å². The van der Waals surface area contributed by atoms with Crippen LogP contribution in [0.1, 0.15) is 6.42 Å². The first-order valence-electron chi connectivity index (χ1n) is 4.53. The minimum Gasteiger partial charge on any atom is -0.398 e. The predicted molar refractivity (Wildman–Crippen MR) is 59.3 cm³/mol. The Morgan fingerprint density at radius 1 is 1.36 bits per heavy atom. The van der Waals surface area contributed by atoms with Gasteiger partial charge in [0.2, 0.25) is 0 Å². The lowest BCUT2D eigenvalue weighted by Crippen LogP contribution is -2.18. The van der Waals surface area contributed by atoms with Crippen molar-refractivity contribution in [3.8, 4) is 0 Å². The number of benzene rings is 1. The molecule has 0 aromatic heterocycles. The summed E-state index contributed by atoms with van der Waals surface area (Å²) in [4.78, 5) is 0. The van der Waals surface area contributed by atoms with Crippen LogP contribution < -0.4 is 11.5 Å². The summed E-state index contributed by atoms with van der Waals surface area (Å²) < 4.78 is 4.93.